The van der Waals surface area contributed by atoms with Crippen LogP contribution in [0.4, 0.5) is 10.2 Å². The van der Waals surface area contributed by atoms with Gasteiger partial charge >= 0.3 is 0 Å². The first-order chi connectivity index (χ1) is 9.24. The Kier molecular flexibility index (Phi) is 2.99. The maximum atomic E-state index is 12.8. The fourth-order valence-electron chi connectivity index (χ4n) is 2.22. The number of carbonyl (C=O) groups is 1. The Bertz CT molecular complexity index is 583. The van der Waals surface area contributed by atoms with Gasteiger partial charge in [-0.25, -0.2) is 9.37 Å². The lowest BCUT2D eigenvalue weighted by Crippen LogP contribution is -2.15. The number of amides is 1. The smallest absolute Gasteiger partial charge is 0.229 e. The Morgan fingerprint density at radius 3 is 2.68 bits per heavy atom. The number of nitrogens with one attached hydrogen (secondary N) is 1. The summed E-state index contributed by atoms with van der Waals surface area (Å²) >= 11 is 0. The molecule has 1 aliphatic carbocycles. The van der Waals surface area contributed by atoms with Crippen LogP contribution in [-0.2, 0) is 4.79 Å². The molecule has 3 rings (SSSR count). The number of aromatic nitrogens is 1. The summed E-state index contributed by atoms with van der Waals surface area (Å²) in [5.41, 5.74) is 1.02. The first kappa shape index (κ1) is 11.8. The number of rotatable bonds is 3. The average Bonchev–Trinajstić information content (AvgIpc) is 3.21. The molecule has 1 aromatic carbocycles. The molecule has 1 aromatic heterocycles. The molecule has 1 amide bonds. The number of hydrogen-bond donors (Lipinski definition) is 1. The molecule has 2 atom stereocenters. The number of carbonyl (C=O) groups excluding carboxylic acids is 1. The van der Waals surface area contributed by atoms with Gasteiger partial charge in [-0.05, 0) is 42.2 Å². The van der Waals surface area contributed by atoms with Crippen LogP contribution < -0.4 is 5.32 Å². The zero-order chi connectivity index (χ0) is 13.2. The van der Waals surface area contributed by atoms with Gasteiger partial charge in [0.1, 0.15) is 11.6 Å². The van der Waals surface area contributed by atoms with E-state index in [2.05, 4.69) is 10.3 Å². The molecule has 0 spiro atoms. The maximum absolute atomic E-state index is 12.8. The number of hydrogen-bond acceptors (Lipinski definition) is 2. The highest BCUT2D eigenvalue weighted by Gasteiger charge is 2.43. The van der Waals surface area contributed by atoms with E-state index in [0.717, 1.165) is 12.0 Å². The Morgan fingerprint density at radius 2 is 2.00 bits per heavy atom. The molecule has 19 heavy (non-hydrogen) atoms. The van der Waals surface area contributed by atoms with E-state index in [0.29, 0.717) is 5.82 Å². The van der Waals surface area contributed by atoms with Crippen LogP contribution in [-0.4, -0.2) is 10.9 Å². The topological polar surface area (TPSA) is 42.0 Å². The number of nitrogens with zero attached hydrogens (tertiary/aromatic N) is 1. The predicted octanol–water partition coefficient (Wildman–Crippen LogP) is 2.96. The lowest BCUT2D eigenvalue weighted by Gasteiger charge is -2.03. The summed E-state index contributed by atoms with van der Waals surface area (Å²) in [4.78, 5) is 16.1. The second-order valence-corrected chi connectivity index (χ2v) is 4.70. The summed E-state index contributed by atoms with van der Waals surface area (Å²) < 4.78 is 12.8. The Balaban J connectivity index is 1.63. The summed E-state index contributed by atoms with van der Waals surface area (Å²) in [6.45, 7) is 0. The van der Waals surface area contributed by atoms with Crippen molar-refractivity contribution in [1.82, 2.24) is 4.98 Å². The summed E-state index contributed by atoms with van der Waals surface area (Å²) in [5.74, 6) is 0.459. The Labute approximate surface area is 110 Å². The summed E-state index contributed by atoms with van der Waals surface area (Å²) in [7, 11) is 0. The van der Waals surface area contributed by atoms with Crippen LogP contribution in [0.15, 0.2) is 48.7 Å². The zero-order valence-electron chi connectivity index (χ0n) is 10.2. The summed E-state index contributed by atoms with van der Waals surface area (Å²) in [6.07, 6.45) is 2.45. The van der Waals surface area contributed by atoms with E-state index in [9.17, 15) is 9.18 Å². The van der Waals surface area contributed by atoms with Gasteiger partial charge in [0.2, 0.25) is 5.91 Å². The van der Waals surface area contributed by atoms with Crippen molar-refractivity contribution >= 4 is 11.7 Å². The second-order valence-electron chi connectivity index (χ2n) is 4.70. The van der Waals surface area contributed by atoms with Gasteiger partial charge in [-0.1, -0.05) is 18.2 Å². The normalized spacial score (nSPS) is 20.9. The largest absolute Gasteiger partial charge is 0.310 e. The molecule has 96 valence electrons. The van der Waals surface area contributed by atoms with Gasteiger partial charge in [-0.15, -0.1) is 0 Å². The van der Waals surface area contributed by atoms with Gasteiger partial charge < -0.3 is 5.32 Å². The molecule has 1 fully saturated rings. The van der Waals surface area contributed by atoms with Crippen LogP contribution in [0.1, 0.15) is 17.9 Å². The SMILES string of the molecule is O=C(Nc1ccccn1)C1CC1c1ccc(F)cc1. The average molecular weight is 256 g/mol. The molecule has 1 heterocycles. The molecule has 0 bridgehead atoms. The molecule has 1 saturated carbocycles. The van der Waals surface area contributed by atoms with E-state index in [1.54, 1.807) is 30.5 Å². The molecule has 3 nitrogen and oxygen atoms in total. The minimum Gasteiger partial charge on any atom is -0.310 e. The predicted molar refractivity (Wildman–Crippen MR) is 70.1 cm³/mol. The molecule has 2 aromatic rings. The summed E-state index contributed by atoms with van der Waals surface area (Å²) in [5, 5.41) is 2.79. The van der Waals surface area contributed by atoms with Crippen molar-refractivity contribution in [3.63, 3.8) is 0 Å². The molecule has 2 unspecified atom stereocenters. The van der Waals surface area contributed by atoms with Crippen molar-refractivity contribution < 1.29 is 9.18 Å². The summed E-state index contributed by atoms with van der Waals surface area (Å²) in [6, 6.07) is 11.7. The Hall–Kier alpha value is -2.23. The second kappa shape index (κ2) is 4.80. The van der Waals surface area contributed by atoms with Crippen LogP contribution in [0.2, 0.25) is 0 Å². The minimum absolute atomic E-state index is 0.0203. The van der Waals surface area contributed by atoms with Crippen molar-refractivity contribution in [3.05, 3.63) is 60.0 Å². The molecule has 0 saturated heterocycles. The fraction of sp³-hybridized carbons (Fsp3) is 0.200. The highest BCUT2D eigenvalue weighted by molar-refractivity contribution is 5.94. The zero-order valence-corrected chi connectivity index (χ0v) is 10.2. The van der Waals surface area contributed by atoms with E-state index >= 15 is 0 Å². The van der Waals surface area contributed by atoms with Crippen molar-refractivity contribution in [1.29, 1.82) is 0 Å². The van der Waals surface area contributed by atoms with E-state index < -0.39 is 0 Å². The van der Waals surface area contributed by atoms with Crippen molar-refractivity contribution in [3.8, 4) is 0 Å². The van der Waals surface area contributed by atoms with Gasteiger partial charge in [0.25, 0.3) is 0 Å². The highest BCUT2D eigenvalue weighted by atomic mass is 19.1. The van der Waals surface area contributed by atoms with E-state index in [1.807, 2.05) is 6.07 Å². The molecule has 0 radical (unpaired) electrons. The standard InChI is InChI=1S/C15H13FN2O/c16-11-6-4-10(5-7-11)12-9-13(12)15(19)18-14-3-1-2-8-17-14/h1-8,12-13H,9H2,(H,17,18,19). The van der Waals surface area contributed by atoms with Gasteiger partial charge in [0.05, 0.1) is 0 Å². The van der Waals surface area contributed by atoms with E-state index in [-0.39, 0.29) is 23.6 Å². The van der Waals surface area contributed by atoms with Gasteiger partial charge in [-0.2, -0.15) is 0 Å². The quantitative estimate of drug-likeness (QED) is 0.917. The third-order valence-electron chi connectivity index (χ3n) is 3.34. The lowest BCUT2D eigenvalue weighted by molar-refractivity contribution is -0.117. The first-order valence-electron chi connectivity index (χ1n) is 6.21. The van der Waals surface area contributed by atoms with E-state index in [1.165, 1.54) is 12.1 Å². The third-order valence-corrected chi connectivity index (χ3v) is 3.34. The minimum atomic E-state index is -0.251. The van der Waals surface area contributed by atoms with Crippen molar-refractivity contribution in [2.24, 2.45) is 5.92 Å². The number of benzene rings is 1. The number of halogens is 1. The monoisotopic (exact) mass is 256 g/mol. The third kappa shape index (κ3) is 2.62. The van der Waals surface area contributed by atoms with Gasteiger partial charge in [0.15, 0.2) is 0 Å². The van der Waals surface area contributed by atoms with Gasteiger partial charge in [0, 0.05) is 12.1 Å². The van der Waals surface area contributed by atoms with E-state index in [4.69, 9.17) is 0 Å². The van der Waals surface area contributed by atoms with Crippen LogP contribution in [0.3, 0.4) is 0 Å². The number of pyridine rings is 1. The molecular formula is C15H13FN2O. The highest BCUT2D eigenvalue weighted by Crippen LogP contribution is 2.47. The molecule has 4 heteroatoms. The Morgan fingerprint density at radius 1 is 1.21 bits per heavy atom. The van der Waals surface area contributed by atoms with Crippen molar-refractivity contribution in [2.75, 3.05) is 5.32 Å². The number of anilines is 1. The molecule has 1 aliphatic rings. The van der Waals surface area contributed by atoms with Crippen molar-refractivity contribution in [2.45, 2.75) is 12.3 Å². The van der Waals surface area contributed by atoms with Crippen LogP contribution in [0, 0.1) is 11.7 Å². The van der Waals surface area contributed by atoms with Gasteiger partial charge in [-0.3, -0.25) is 4.79 Å². The van der Waals surface area contributed by atoms with Crippen LogP contribution in [0.5, 0.6) is 0 Å². The van der Waals surface area contributed by atoms with Crippen LogP contribution in [0.25, 0.3) is 0 Å². The molecule has 0 aliphatic heterocycles. The molecule has 1 N–H and O–H groups in total. The first-order valence-corrected chi connectivity index (χ1v) is 6.21. The fourth-order valence-corrected chi connectivity index (χ4v) is 2.22. The maximum Gasteiger partial charge on any atom is 0.229 e. The van der Waals surface area contributed by atoms with Crippen LogP contribution >= 0.6 is 0 Å². The lowest BCUT2D eigenvalue weighted by atomic mass is 10.1. The molecular weight excluding hydrogens is 243 g/mol.